The Labute approximate surface area is 251 Å². The van der Waals surface area contributed by atoms with Crippen molar-refractivity contribution in [2.24, 2.45) is 22.7 Å². The van der Waals surface area contributed by atoms with Crippen LogP contribution in [0, 0.1) is 22.7 Å². The van der Waals surface area contributed by atoms with E-state index in [1.807, 2.05) is 19.1 Å². The molecule has 246 valence electrons. The fraction of sp³-hybridized carbons (Fsp3) is 0.758. The molecule has 4 unspecified atom stereocenters. The molecule has 3 aliphatic carbocycles. The van der Waals surface area contributed by atoms with Crippen molar-refractivity contribution >= 4 is 0 Å². The number of alkyl halides is 6. The summed E-state index contributed by atoms with van der Waals surface area (Å²) in [5.74, 6) is 0.139. The van der Waals surface area contributed by atoms with E-state index in [2.05, 4.69) is 13.5 Å². The van der Waals surface area contributed by atoms with Crippen molar-refractivity contribution in [3.05, 3.63) is 47.6 Å². The molecule has 0 saturated heterocycles. The van der Waals surface area contributed by atoms with Gasteiger partial charge >= 0.3 is 12.4 Å². The van der Waals surface area contributed by atoms with E-state index < -0.39 is 41.2 Å². The first kappa shape index (κ1) is 35.9. The van der Waals surface area contributed by atoms with Crippen molar-refractivity contribution in [2.45, 2.75) is 134 Å². The Bertz CT molecular complexity index is 1080. The Balaban J connectivity index is 1.93. The molecule has 0 aromatic rings. The summed E-state index contributed by atoms with van der Waals surface area (Å²) >= 11 is 0. The first-order chi connectivity index (χ1) is 19.5. The number of hydrogen-bond acceptors (Lipinski definition) is 4. The molecule has 0 aromatic heterocycles. The van der Waals surface area contributed by atoms with Crippen molar-refractivity contribution in [1.29, 1.82) is 0 Å². The second-order valence-electron chi connectivity index (χ2n) is 14.3. The maximum absolute atomic E-state index is 13.4. The lowest BCUT2D eigenvalue weighted by molar-refractivity contribution is -0.347. The Kier molecular flexibility index (Phi) is 10.5. The Morgan fingerprint density at radius 2 is 1.58 bits per heavy atom. The molecule has 3 rings (SSSR count). The van der Waals surface area contributed by atoms with Crippen molar-refractivity contribution in [1.82, 2.24) is 0 Å². The highest BCUT2D eigenvalue weighted by molar-refractivity contribution is 5.38. The summed E-state index contributed by atoms with van der Waals surface area (Å²) < 4.78 is 80.2. The van der Waals surface area contributed by atoms with Crippen molar-refractivity contribution in [3.8, 4) is 0 Å². The molecule has 10 heteroatoms. The first-order valence-corrected chi connectivity index (χ1v) is 15.2. The van der Waals surface area contributed by atoms with Gasteiger partial charge in [0.05, 0.1) is 17.8 Å². The molecule has 3 fully saturated rings. The van der Waals surface area contributed by atoms with Crippen molar-refractivity contribution < 1.29 is 46.8 Å². The molecule has 43 heavy (non-hydrogen) atoms. The van der Waals surface area contributed by atoms with Gasteiger partial charge in [0.15, 0.2) is 0 Å². The number of halogens is 6. The van der Waals surface area contributed by atoms with Gasteiger partial charge in [-0.25, -0.2) is 0 Å². The molecule has 0 aromatic carbocycles. The smallest absolute Gasteiger partial charge is 0.393 e. The molecule has 3 aliphatic rings. The lowest BCUT2D eigenvalue weighted by Gasteiger charge is -2.49. The lowest BCUT2D eigenvalue weighted by Crippen LogP contribution is -2.55. The number of aliphatic hydroxyl groups is 4. The van der Waals surface area contributed by atoms with E-state index in [1.165, 1.54) is 5.57 Å². The molecule has 0 spiro atoms. The van der Waals surface area contributed by atoms with Gasteiger partial charge < -0.3 is 20.4 Å². The summed E-state index contributed by atoms with van der Waals surface area (Å²) in [6, 6.07) is 0. The molecule has 0 radical (unpaired) electrons. The van der Waals surface area contributed by atoms with E-state index in [4.69, 9.17) is 0 Å². The average molecular weight is 623 g/mol. The third-order valence-corrected chi connectivity index (χ3v) is 10.4. The summed E-state index contributed by atoms with van der Waals surface area (Å²) in [6.45, 7) is 11.4. The second kappa shape index (κ2) is 12.6. The standard InChI is InChI=1S/C33H48F6O4/c1-21-23(19-24(40)20-26(21)41)11-10-22-9-6-17-30(5)25(22)12-13-27(30)29(4,15-7-14-28(2,3)42)16-8-18-31(43,32(34,35)36)33(37,38)39/h8,10-11,18,24-27,40-43H,1,6-7,9,12-17,19-20H2,2-5H3/b18-8-,22-10+,23-11-/t24?,25?,26-,27?,29?,30-/m0/s1. The predicted molar refractivity (Wildman–Crippen MR) is 154 cm³/mol. The Hall–Kier alpha value is -1.62. The quantitative estimate of drug-likeness (QED) is 0.156. The summed E-state index contributed by atoms with van der Waals surface area (Å²) in [5, 5.41) is 40.3. The fourth-order valence-electron chi connectivity index (χ4n) is 8.04. The largest absolute Gasteiger partial charge is 0.429 e. The number of hydrogen-bond donors (Lipinski definition) is 4. The molecule has 4 N–H and O–H groups in total. The molecular weight excluding hydrogens is 574 g/mol. The number of rotatable bonds is 9. The van der Waals surface area contributed by atoms with Gasteiger partial charge in [-0.05, 0) is 112 Å². The van der Waals surface area contributed by atoms with Gasteiger partial charge in [0, 0.05) is 6.42 Å². The first-order valence-electron chi connectivity index (χ1n) is 15.2. The van der Waals surface area contributed by atoms with Gasteiger partial charge in [0.2, 0.25) is 0 Å². The highest BCUT2D eigenvalue weighted by Crippen LogP contribution is 2.64. The maximum Gasteiger partial charge on any atom is 0.429 e. The summed E-state index contributed by atoms with van der Waals surface area (Å²) in [7, 11) is 0. The zero-order valence-electron chi connectivity index (χ0n) is 25.7. The molecule has 3 saturated carbocycles. The van der Waals surface area contributed by atoms with E-state index in [1.54, 1.807) is 13.8 Å². The van der Waals surface area contributed by atoms with E-state index in [0.717, 1.165) is 43.8 Å². The van der Waals surface area contributed by atoms with Crippen LogP contribution in [0.5, 0.6) is 0 Å². The number of fused-ring (bicyclic) bond motifs is 1. The van der Waals surface area contributed by atoms with E-state index in [9.17, 15) is 46.8 Å². The van der Waals surface area contributed by atoms with Crippen molar-refractivity contribution in [2.75, 3.05) is 0 Å². The maximum atomic E-state index is 13.4. The van der Waals surface area contributed by atoms with Crippen LogP contribution in [-0.2, 0) is 0 Å². The van der Waals surface area contributed by atoms with Gasteiger partial charge in [0.1, 0.15) is 0 Å². The van der Waals surface area contributed by atoms with Gasteiger partial charge in [-0.1, -0.05) is 50.6 Å². The number of aliphatic hydroxyl groups excluding tert-OH is 2. The molecule has 0 heterocycles. The van der Waals surface area contributed by atoms with Crippen LogP contribution in [0.1, 0.15) is 98.3 Å². The number of allylic oxidation sites excluding steroid dienone is 4. The van der Waals surface area contributed by atoms with Gasteiger partial charge in [-0.2, -0.15) is 26.3 Å². The van der Waals surface area contributed by atoms with Crippen LogP contribution in [0.15, 0.2) is 47.6 Å². The topological polar surface area (TPSA) is 80.9 Å². The fourth-order valence-corrected chi connectivity index (χ4v) is 8.04. The zero-order chi connectivity index (χ0) is 32.6. The summed E-state index contributed by atoms with van der Waals surface area (Å²) in [6.07, 6.45) is -2.44. The Morgan fingerprint density at radius 1 is 0.953 bits per heavy atom. The van der Waals surface area contributed by atoms with E-state index >= 15 is 0 Å². The minimum atomic E-state index is -5.92. The molecule has 0 aliphatic heterocycles. The molecule has 6 atom stereocenters. The third kappa shape index (κ3) is 7.79. The predicted octanol–water partition coefficient (Wildman–Crippen LogP) is 7.88. The van der Waals surface area contributed by atoms with Gasteiger partial charge in [-0.15, -0.1) is 0 Å². The van der Waals surface area contributed by atoms with Crippen LogP contribution in [0.25, 0.3) is 0 Å². The second-order valence-corrected chi connectivity index (χ2v) is 14.3. The zero-order valence-corrected chi connectivity index (χ0v) is 25.7. The molecule has 4 nitrogen and oxygen atoms in total. The Morgan fingerprint density at radius 3 is 2.16 bits per heavy atom. The average Bonchev–Trinajstić information content (AvgIpc) is 3.21. The third-order valence-electron chi connectivity index (χ3n) is 10.4. The van der Waals surface area contributed by atoms with Crippen LogP contribution in [0.4, 0.5) is 26.3 Å². The van der Waals surface area contributed by atoms with Crippen LogP contribution < -0.4 is 0 Å². The van der Waals surface area contributed by atoms with Gasteiger partial charge in [-0.3, -0.25) is 0 Å². The SMILES string of the molecule is C=C1/C(=C\C=C2/CCC[C@@]3(C)C2CCC3C(C)(C/C=C\C(O)(C(F)(F)F)C(F)(F)F)CCCC(C)(C)O)CC(O)C[C@@H]1O. The molecular formula is C33H48F6O4. The minimum absolute atomic E-state index is 0.0223. The van der Waals surface area contributed by atoms with Crippen LogP contribution in [0.3, 0.4) is 0 Å². The van der Waals surface area contributed by atoms with Gasteiger partial charge in [0.25, 0.3) is 5.60 Å². The highest BCUT2D eigenvalue weighted by Gasteiger charge is 2.69. The van der Waals surface area contributed by atoms with E-state index in [-0.39, 0.29) is 36.2 Å². The van der Waals surface area contributed by atoms with Crippen LogP contribution in [0.2, 0.25) is 0 Å². The van der Waals surface area contributed by atoms with Crippen LogP contribution in [-0.4, -0.2) is 56.2 Å². The lowest BCUT2D eigenvalue weighted by atomic mass is 9.55. The van der Waals surface area contributed by atoms with E-state index in [0.29, 0.717) is 31.3 Å². The molecule has 0 bridgehead atoms. The summed E-state index contributed by atoms with van der Waals surface area (Å²) in [4.78, 5) is 0. The van der Waals surface area contributed by atoms with Crippen LogP contribution >= 0.6 is 0 Å². The van der Waals surface area contributed by atoms with Crippen molar-refractivity contribution in [3.63, 3.8) is 0 Å². The minimum Gasteiger partial charge on any atom is -0.393 e. The normalized spacial score (nSPS) is 32.9. The highest BCUT2D eigenvalue weighted by atomic mass is 19.4. The summed E-state index contributed by atoms with van der Waals surface area (Å²) in [5.41, 5.74) is -4.25. The monoisotopic (exact) mass is 622 g/mol. The molecule has 0 amide bonds.